The first-order chi connectivity index (χ1) is 10.5. The van der Waals surface area contributed by atoms with E-state index in [1.165, 1.54) is 0 Å². The van der Waals surface area contributed by atoms with Crippen molar-refractivity contribution in [2.45, 2.75) is 23.7 Å². The average Bonchev–Trinajstić information content (AvgIpc) is 2.47. The summed E-state index contributed by atoms with van der Waals surface area (Å²) in [4.78, 5) is 24.7. The zero-order valence-electron chi connectivity index (χ0n) is 12.0. The summed E-state index contributed by atoms with van der Waals surface area (Å²) in [6.45, 7) is 1.55. The van der Waals surface area contributed by atoms with Crippen LogP contribution in [-0.4, -0.2) is 47.1 Å². The summed E-state index contributed by atoms with van der Waals surface area (Å²) in [5.41, 5.74) is -1.16. The maximum absolute atomic E-state index is 11.6. The fourth-order valence-electron chi connectivity index (χ4n) is 5.00. The van der Waals surface area contributed by atoms with Gasteiger partial charge in [0.15, 0.2) is 26.2 Å². The third kappa shape index (κ3) is 1.65. The summed E-state index contributed by atoms with van der Waals surface area (Å²) in [5.74, 6) is 0. The molecule has 116 valence electrons. The number of hydrogen-bond donors (Lipinski definition) is 2. The van der Waals surface area contributed by atoms with E-state index in [-0.39, 0.29) is 22.4 Å². The molecule has 1 aromatic carbocycles. The van der Waals surface area contributed by atoms with E-state index in [0.717, 1.165) is 15.4 Å². The molecule has 4 saturated heterocycles. The molecule has 0 saturated carbocycles. The van der Waals surface area contributed by atoms with Crippen LogP contribution in [0.1, 0.15) is 18.2 Å². The lowest BCUT2D eigenvalue weighted by Gasteiger charge is -2.54. The Kier molecular flexibility index (Phi) is 2.62. The highest BCUT2D eigenvalue weighted by Crippen LogP contribution is 2.32. The Bertz CT molecular complexity index is 602. The third-order valence-corrected chi connectivity index (χ3v) is 5.61. The van der Waals surface area contributed by atoms with Crippen LogP contribution in [0.5, 0.6) is 0 Å². The van der Waals surface area contributed by atoms with Gasteiger partial charge in [-0.15, -0.1) is 0 Å². The van der Waals surface area contributed by atoms with E-state index in [2.05, 4.69) is 0 Å². The molecule has 0 unspecified atom stereocenters. The van der Waals surface area contributed by atoms with Gasteiger partial charge in [0, 0.05) is 9.85 Å². The Labute approximate surface area is 126 Å². The van der Waals surface area contributed by atoms with E-state index < -0.39 is 11.1 Å². The predicted molar refractivity (Wildman–Crippen MR) is 74.6 cm³/mol. The van der Waals surface area contributed by atoms with Crippen LogP contribution < -0.4 is 9.80 Å². The van der Waals surface area contributed by atoms with Crippen LogP contribution in [0.25, 0.3) is 0 Å². The molecule has 5 rings (SSSR count). The second-order valence-corrected chi connectivity index (χ2v) is 7.01. The van der Waals surface area contributed by atoms with Crippen LogP contribution >= 0.6 is 0 Å². The Hall–Kier alpha value is -2.06. The van der Waals surface area contributed by atoms with Gasteiger partial charge >= 0.3 is 11.1 Å². The Balaban J connectivity index is 1.77. The first-order valence-electron chi connectivity index (χ1n) is 7.49. The molecule has 1 aromatic rings. The maximum Gasteiger partial charge on any atom is 0.324 e. The highest BCUT2D eigenvalue weighted by atomic mass is 16.6. The smallest absolute Gasteiger partial charge is 0.270 e. The quantitative estimate of drug-likeness (QED) is 0.495. The van der Waals surface area contributed by atoms with Crippen molar-refractivity contribution < 1.29 is 19.6 Å². The summed E-state index contributed by atoms with van der Waals surface area (Å²) in [5, 5.41) is 23.2. The minimum atomic E-state index is -1.14. The second kappa shape index (κ2) is 4.23. The van der Waals surface area contributed by atoms with E-state index >= 15 is 0 Å². The summed E-state index contributed by atoms with van der Waals surface area (Å²) in [6.07, 6.45) is 0.150. The monoisotopic (exact) mass is 306 g/mol. The van der Waals surface area contributed by atoms with E-state index in [9.17, 15) is 20.2 Å². The van der Waals surface area contributed by atoms with Crippen LogP contribution in [0.3, 0.4) is 0 Å². The first kappa shape index (κ1) is 13.6. The van der Waals surface area contributed by atoms with Crippen LogP contribution in [0.15, 0.2) is 30.3 Å². The predicted octanol–water partition coefficient (Wildman–Crippen LogP) is -2.08. The summed E-state index contributed by atoms with van der Waals surface area (Å²) in [7, 11) is 0. The molecule has 4 aliphatic heterocycles. The molecule has 0 aromatic heterocycles. The molecular formula is C14H18N4O4+2. The van der Waals surface area contributed by atoms with Crippen molar-refractivity contribution in [3.63, 3.8) is 0 Å². The lowest BCUT2D eigenvalue weighted by Crippen LogP contribution is -3.42. The number of nitro groups is 2. The van der Waals surface area contributed by atoms with Gasteiger partial charge in [-0.05, 0) is 12.1 Å². The molecule has 8 heteroatoms. The van der Waals surface area contributed by atoms with E-state index in [1.54, 1.807) is 0 Å². The number of piperidine rings is 2. The van der Waals surface area contributed by atoms with Gasteiger partial charge in [-0.2, -0.15) is 0 Å². The number of nitrogens with zero attached hydrogens (tertiary/aromatic N) is 2. The number of hydrogen-bond acceptors (Lipinski definition) is 4. The van der Waals surface area contributed by atoms with Crippen molar-refractivity contribution in [2.24, 2.45) is 0 Å². The number of nitrogens with one attached hydrogen (secondary N) is 2. The summed E-state index contributed by atoms with van der Waals surface area (Å²) in [6, 6.07) is 9.88. The molecule has 4 fully saturated rings. The van der Waals surface area contributed by atoms with E-state index in [4.69, 9.17) is 0 Å². The topological polar surface area (TPSA) is 95.2 Å². The van der Waals surface area contributed by atoms with Crippen LogP contribution in [0.4, 0.5) is 0 Å². The SMILES string of the molecule is O=[N+]([O-])C12C[NH+]3CC([N+](=O)[O-])(C[NH+](C1)C3c1ccccc1)C2. The maximum atomic E-state index is 11.6. The van der Waals surface area contributed by atoms with Crippen LogP contribution in [0, 0.1) is 20.2 Å². The number of rotatable bonds is 3. The zero-order valence-corrected chi connectivity index (χ0v) is 12.0. The van der Waals surface area contributed by atoms with Crippen molar-refractivity contribution in [3.8, 4) is 0 Å². The molecular weight excluding hydrogens is 288 g/mol. The summed E-state index contributed by atoms with van der Waals surface area (Å²) < 4.78 is 0. The Morgan fingerprint density at radius 3 is 1.77 bits per heavy atom. The molecule has 4 bridgehead atoms. The zero-order chi connectivity index (χ0) is 15.5. The van der Waals surface area contributed by atoms with Gasteiger partial charge in [0.25, 0.3) is 0 Å². The van der Waals surface area contributed by atoms with Gasteiger partial charge < -0.3 is 0 Å². The van der Waals surface area contributed by atoms with Crippen molar-refractivity contribution in [1.82, 2.24) is 0 Å². The molecule has 4 heterocycles. The normalized spacial score (nSPS) is 42.3. The van der Waals surface area contributed by atoms with Crippen molar-refractivity contribution in [2.75, 3.05) is 26.2 Å². The Morgan fingerprint density at radius 1 is 0.909 bits per heavy atom. The standard InChI is InChI=1S/C14H16N4O4/c19-17(20)13-6-14(18(21)22)9-15(7-13)12(16(8-13)10-14)11-4-2-1-3-5-11/h1-5,12H,6-10H2/p+2. The molecule has 0 atom stereocenters. The summed E-state index contributed by atoms with van der Waals surface area (Å²) >= 11 is 0. The second-order valence-electron chi connectivity index (χ2n) is 7.01. The first-order valence-corrected chi connectivity index (χ1v) is 7.49. The molecule has 0 spiro atoms. The van der Waals surface area contributed by atoms with Crippen molar-refractivity contribution in [3.05, 3.63) is 56.1 Å². The van der Waals surface area contributed by atoms with Gasteiger partial charge in [-0.25, -0.2) is 0 Å². The number of benzene rings is 1. The molecule has 0 amide bonds. The van der Waals surface area contributed by atoms with Gasteiger partial charge in [0.1, 0.15) is 6.42 Å². The van der Waals surface area contributed by atoms with Crippen molar-refractivity contribution >= 4 is 0 Å². The van der Waals surface area contributed by atoms with Crippen molar-refractivity contribution in [1.29, 1.82) is 0 Å². The lowest BCUT2D eigenvalue weighted by atomic mass is 9.70. The van der Waals surface area contributed by atoms with Gasteiger partial charge in [-0.3, -0.25) is 30.0 Å². The average molecular weight is 306 g/mol. The minimum Gasteiger partial charge on any atom is -0.270 e. The molecule has 2 N–H and O–H groups in total. The molecule has 8 nitrogen and oxygen atoms in total. The highest BCUT2D eigenvalue weighted by Gasteiger charge is 2.77. The van der Waals surface area contributed by atoms with Gasteiger partial charge in [-0.1, -0.05) is 18.2 Å². The fraction of sp³-hybridized carbons (Fsp3) is 0.571. The highest BCUT2D eigenvalue weighted by molar-refractivity contribution is 5.16. The van der Waals surface area contributed by atoms with E-state index in [1.807, 2.05) is 30.3 Å². The lowest BCUT2D eigenvalue weighted by molar-refractivity contribution is -1.20. The molecule has 0 aliphatic carbocycles. The molecule has 4 aliphatic rings. The van der Waals surface area contributed by atoms with Crippen LogP contribution in [0.2, 0.25) is 0 Å². The number of quaternary nitrogens is 2. The van der Waals surface area contributed by atoms with Gasteiger partial charge in [0.05, 0.1) is 5.56 Å². The molecule has 22 heavy (non-hydrogen) atoms. The third-order valence-electron chi connectivity index (χ3n) is 5.61. The fourth-order valence-corrected chi connectivity index (χ4v) is 5.00. The largest absolute Gasteiger partial charge is 0.324 e. The van der Waals surface area contributed by atoms with E-state index in [0.29, 0.717) is 26.2 Å². The van der Waals surface area contributed by atoms with Crippen LogP contribution in [-0.2, 0) is 0 Å². The minimum absolute atomic E-state index is 0.0719. The van der Waals surface area contributed by atoms with Gasteiger partial charge in [0.2, 0.25) is 6.17 Å². The molecule has 0 radical (unpaired) electrons. The Morgan fingerprint density at radius 2 is 1.36 bits per heavy atom.